The second kappa shape index (κ2) is 8.81. The maximum Gasteiger partial charge on any atom is 0.433 e. The lowest BCUT2D eigenvalue weighted by Gasteiger charge is -2.13. The number of halogens is 4. The lowest BCUT2D eigenvalue weighted by atomic mass is 10.1. The minimum Gasteiger partial charge on any atom is -0.343 e. The summed E-state index contributed by atoms with van der Waals surface area (Å²) in [6, 6.07) is 6.67. The third-order valence-corrected chi connectivity index (χ3v) is 5.09. The van der Waals surface area contributed by atoms with Gasteiger partial charge in [-0.1, -0.05) is 0 Å². The van der Waals surface area contributed by atoms with Crippen molar-refractivity contribution in [2.24, 2.45) is 0 Å². The SMILES string of the molecule is CCn1ncc(NC(=O)c2cc3nc(-c4ccc(F)cc4)cc(C(F)(F)F)n3n2)c1C(=O)N(C)C. The van der Waals surface area contributed by atoms with Gasteiger partial charge < -0.3 is 10.2 Å². The summed E-state index contributed by atoms with van der Waals surface area (Å²) in [5.74, 6) is -1.82. The van der Waals surface area contributed by atoms with Crippen molar-refractivity contribution >= 4 is 23.1 Å². The molecule has 1 aromatic carbocycles. The Hall–Kier alpha value is -4.29. The summed E-state index contributed by atoms with van der Waals surface area (Å²) in [5.41, 5.74) is -1.37. The van der Waals surface area contributed by atoms with E-state index in [1.807, 2.05) is 0 Å². The average Bonchev–Trinajstić information content (AvgIpc) is 3.41. The van der Waals surface area contributed by atoms with Crippen molar-refractivity contribution in [2.75, 3.05) is 19.4 Å². The summed E-state index contributed by atoms with van der Waals surface area (Å²) in [5, 5.41) is 10.4. The van der Waals surface area contributed by atoms with Crippen LogP contribution in [-0.2, 0) is 12.7 Å². The second-order valence-electron chi connectivity index (χ2n) is 7.71. The molecule has 0 bridgehead atoms. The van der Waals surface area contributed by atoms with Gasteiger partial charge in [-0.15, -0.1) is 0 Å². The first-order valence-electron chi connectivity index (χ1n) is 10.3. The van der Waals surface area contributed by atoms with Gasteiger partial charge in [0.05, 0.1) is 17.6 Å². The number of amides is 2. The number of hydrogen-bond acceptors (Lipinski definition) is 5. The Balaban J connectivity index is 1.76. The molecule has 0 aliphatic rings. The molecule has 0 saturated carbocycles. The van der Waals surface area contributed by atoms with Crippen LogP contribution in [0.25, 0.3) is 16.9 Å². The normalized spacial score (nSPS) is 11.6. The maximum absolute atomic E-state index is 13.8. The van der Waals surface area contributed by atoms with Crippen molar-refractivity contribution in [3.05, 3.63) is 65.5 Å². The number of anilines is 1. The lowest BCUT2D eigenvalue weighted by Crippen LogP contribution is -2.26. The van der Waals surface area contributed by atoms with Crippen LogP contribution in [0, 0.1) is 5.82 Å². The van der Waals surface area contributed by atoms with Gasteiger partial charge in [-0.25, -0.2) is 13.9 Å². The van der Waals surface area contributed by atoms with Gasteiger partial charge in [0.25, 0.3) is 11.8 Å². The predicted molar refractivity (Wildman–Crippen MR) is 117 cm³/mol. The van der Waals surface area contributed by atoms with Crippen molar-refractivity contribution in [2.45, 2.75) is 19.6 Å². The average molecular weight is 489 g/mol. The first kappa shape index (κ1) is 23.9. The van der Waals surface area contributed by atoms with Crippen LogP contribution in [0.1, 0.15) is 33.6 Å². The first-order valence-corrected chi connectivity index (χ1v) is 10.3. The molecule has 4 aromatic rings. The number of rotatable bonds is 5. The number of alkyl halides is 3. The predicted octanol–water partition coefficient (Wildman–Crippen LogP) is 3.72. The number of fused-ring (bicyclic) bond motifs is 1. The number of carbonyl (C=O) groups excluding carboxylic acids is 2. The molecule has 13 heteroatoms. The van der Waals surface area contributed by atoms with Crippen LogP contribution in [0.15, 0.2) is 42.6 Å². The van der Waals surface area contributed by atoms with Crippen molar-refractivity contribution in [3.8, 4) is 11.3 Å². The quantitative estimate of drug-likeness (QED) is 0.431. The summed E-state index contributed by atoms with van der Waals surface area (Å²) in [7, 11) is 3.07. The van der Waals surface area contributed by atoms with Gasteiger partial charge in [-0.05, 0) is 37.3 Å². The van der Waals surface area contributed by atoms with Crippen molar-refractivity contribution in [3.63, 3.8) is 0 Å². The van der Waals surface area contributed by atoms with Gasteiger partial charge >= 0.3 is 6.18 Å². The molecule has 0 unspecified atom stereocenters. The van der Waals surface area contributed by atoms with Crippen LogP contribution in [-0.4, -0.2) is 55.2 Å². The van der Waals surface area contributed by atoms with Gasteiger partial charge in [-0.3, -0.25) is 14.3 Å². The minimum absolute atomic E-state index is 0.0697. The Morgan fingerprint density at radius 3 is 2.40 bits per heavy atom. The van der Waals surface area contributed by atoms with Crippen LogP contribution in [0.4, 0.5) is 23.2 Å². The Morgan fingerprint density at radius 2 is 1.80 bits per heavy atom. The number of benzene rings is 1. The molecule has 2 amide bonds. The Morgan fingerprint density at radius 1 is 1.11 bits per heavy atom. The molecule has 0 spiro atoms. The number of hydrogen-bond donors (Lipinski definition) is 1. The third kappa shape index (κ3) is 4.56. The topological polar surface area (TPSA) is 97.4 Å². The zero-order chi connectivity index (χ0) is 25.5. The molecule has 182 valence electrons. The van der Waals surface area contributed by atoms with E-state index in [1.54, 1.807) is 6.92 Å². The van der Waals surface area contributed by atoms with Crippen LogP contribution in [0.5, 0.6) is 0 Å². The van der Waals surface area contributed by atoms with E-state index in [2.05, 4.69) is 20.5 Å². The molecule has 0 aliphatic heterocycles. The van der Waals surface area contributed by atoms with E-state index < -0.39 is 29.5 Å². The smallest absolute Gasteiger partial charge is 0.343 e. The van der Waals surface area contributed by atoms with E-state index in [0.29, 0.717) is 11.1 Å². The summed E-state index contributed by atoms with van der Waals surface area (Å²) in [6.45, 7) is 2.11. The fourth-order valence-corrected chi connectivity index (χ4v) is 3.40. The van der Waals surface area contributed by atoms with E-state index in [-0.39, 0.29) is 34.0 Å². The van der Waals surface area contributed by atoms with Crippen molar-refractivity contribution < 1.29 is 27.2 Å². The van der Waals surface area contributed by atoms with Gasteiger partial charge in [0.2, 0.25) is 0 Å². The van der Waals surface area contributed by atoms with Gasteiger partial charge in [0, 0.05) is 32.3 Å². The number of aryl methyl sites for hydroxylation is 1. The molecule has 0 fully saturated rings. The molecule has 0 atom stereocenters. The molecule has 0 radical (unpaired) electrons. The molecule has 35 heavy (non-hydrogen) atoms. The van der Waals surface area contributed by atoms with Crippen LogP contribution in [0.2, 0.25) is 0 Å². The Labute approximate surface area is 196 Å². The largest absolute Gasteiger partial charge is 0.433 e. The van der Waals surface area contributed by atoms with Gasteiger partial charge in [0.1, 0.15) is 11.5 Å². The molecule has 9 nitrogen and oxygen atoms in total. The highest BCUT2D eigenvalue weighted by Crippen LogP contribution is 2.32. The van der Waals surface area contributed by atoms with E-state index in [9.17, 15) is 27.2 Å². The highest BCUT2D eigenvalue weighted by Gasteiger charge is 2.36. The summed E-state index contributed by atoms with van der Waals surface area (Å²) in [4.78, 5) is 30.9. The monoisotopic (exact) mass is 489 g/mol. The van der Waals surface area contributed by atoms with E-state index in [1.165, 1.54) is 42.0 Å². The van der Waals surface area contributed by atoms with E-state index >= 15 is 0 Å². The fraction of sp³-hybridized carbons (Fsp3) is 0.227. The standard InChI is InChI=1S/C22H19F4N7O2/c1-4-32-19(21(35)31(2)3)16(11-27-32)29-20(34)15-10-18-28-14(12-5-7-13(23)8-6-12)9-17(22(24,25)26)33(18)30-15/h5-11H,4H2,1-3H3,(H,29,34). The van der Waals surface area contributed by atoms with Crippen LogP contribution >= 0.6 is 0 Å². The minimum atomic E-state index is -4.82. The Bertz CT molecular complexity index is 1420. The molecular formula is C22H19F4N7O2. The molecule has 3 heterocycles. The summed E-state index contributed by atoms with van der Waals surface area (Å²) in [6.07, 6.45) is -3.54. The van der Waals surface area contributed by atoms with Crippen molar-refractivity contribution in [1.29, 1.82) is 0 Å². The number of aromatic nitrogens is 5. The third-order valence-electron chi connectivity index (χ3n) is 5.09. The zero-order valence-corrected chi connectivity index (χ0v) is 18.8. The zero-order valence-electron chi connectivity index (χ0n) is 18.8. The van der Waals surface area contributed by atoms with Gasteiger partial charge in [0.15, 0.2) is 17.0 Å². The lowest BCUT2D eigenvalue weighted by molar-refractivity contribution is -0.142. The molecule has 0 saturated heterocycles. The van der Waals surface area contributed by atoms with E-state index in [0.717, 1.165) is 24.3 Å². The highest BCUT2D eigenvalue weighted by molar-refractivity contribution is 6.07. The number of nitrogens with one attached hydrogen (secondary N) is 1. The van der Waals surface area contributed by atoms with Crippen molar-refractivity contribution in [1.82, 2.24) is 29.3 Å². The van der Waals surface area contributed by atoms with Crippen LogP contribution in [0.3, 0.4) is 0 Å². The Kier molecular flexibility index (Phi) is 6.01. The second-order valence-corrected chi connectivity index (χ2v) is 7.71. The molecule has 3 aromatic heterocycles. The van der Waals surface area contributed by atoms with Crippen LogP contribution < -0.4 is 5.32 Å². The fourth-order valence-electron chi connectivity index (χ4n) is 3.40. The molecular weight excluding hydrogens is 470 g/mol. The number of nitrogens with zero attached hydrogens (tertiary/aromatic N) is 6. The van der Waals surface area contributed by atoms with Gasteiger partial charge in [-0.2, -0.15) is 23.4 Å². The molecule has 1 N–H and O–H groups in total. The molecule has 0 aliphatic carbocycles. The summed E-state index contributed by atoms with van der Waals surface area (Å²) < 4.78 is 56.5. The highest BCUT2D eigenvalue weighted by atomic mass is 19.4. The maximum atomic E-state index is 13.8. The summed E-state index contributed by atoms with van der Waals surface area (Å²) >= 11 is 0. The van der Waals surface area contributed by atoms with E-state index in [4.69, 9.17) is 0 Å². The first-order chi connectivity index (χ1) is 16.5. The molecule has 4 rings (SSSR count). The number of carbonyl (C=O) groups is 2.